The quantitative estimate of drug-likeness (QED) is 0.302. The van der Waals surface area contributed by atoms with E-state index in [1.54, 1.807) is 7.85 Å². The highest BCUT2D eigenvalue weighted by atomic mass is 31.2. The predicted molar refractivity (Wildman–Crippen MR) is 47.2 cm³/mol. The summed E-state index contributed by atoms with van der Waals surface area (Å²) in [6.07, 6.45) is -3.15. The van der Waals surface area contributed by atoms with E-state index in [0.29, 0.717) is 0 Å². The van der Waals surface area contributed by atoms with Gasteiger partial charge in [-0.3, -0.25) is 4.52 Å². The van der Waals surface area contributed by atoms with Crippen molar-refractivity contribution in [3.8, 4) is 0 Å². The minimum Gasteiger partial charge on any atom is -0.388 e. The highest BCUT2D eigenvalue weighted by Gasteiger charge is 2.40. The lowest BCUT2D eigenvalue weighted by Gasteiger charge is -2.14. The van der Waals surface area contributed by atoms with E-state index in [1.807, 2.05) is 0 Å². The van der Waals surface area contributed by atoms with Crippen molar-refractivity contribution in [2.75, 3.05) is 6.61 Å². The summed E-state index contributed by atoms with van der Waals surface area (Å²) in [7, 11) is -3.01. The number of rotatable bonds is 3. The first kappa shape index (κ1) is 12.1. The molecule has 1 heterocycles. The smallest absolute Gasteiger partial charge is 0.388 e. The van der Waals surface area contributed by atoms with Gasteiger partial charge in [-0.15, -0.1) is 0 Å². The molecule has 0 aromatic heterocycles. The maximum absolute atomic E-state index is 10.3. The van der Waals surface area contributed by atoms with E-state index >= 15 is 0 Å². The molecule has 9 heteroatoms. The zero-order valence-electron chi connectivity index (χ0n) is 7.48. The molecular weight excluding hydrogens is 214 g/mol. The molecule has 0 saturated carbocycles. The van der Waals surface area contributed by atoms with Crippen molar-refractivity contribution in [3.63, 3.8) is 0 Å². The number of ether oxygens (including phenoxy) is 1. The monoisotopic (exact) mass is 226 g/mol. The number of hydrogen-bond acceptors (Lipinski definition) is 5. The van der Waals surface area contributed by atoms with Crippen LogP contribution in [0.3, 0.4) is 0 Å². The van der Waals surface area contributed by atoms with E-state index < -0.39 is 38.7 Å². The van der Waals surface area contributed by atoms with Crippen LogP contribution in [-0.4, -0.2) is 58.8 Å². The fourth-order valence-corrected chi connectivity index (χ4v) is 1.58. The van der Waals surface area contributed by atoms with E-state index in [4.69, 9.17) is 14.5 Å². The number of aliphatic hydroxyl groups excluding tert-OH is 2. The number of aliphatic hydroxyl groups is 2. The van der Waals surface area contributed by atoms with Crippen LogP contribution in [0.4, 0.5) is 0 Å². The minimum absolute atomic E-state index is 0.452. The second-order valence-corrected chi connectivity index (χ2v) is 4.39. The van der Waals surface area contributed by atoms with Crippen LogP contribution in [0.1, 0.15) is 0 Å². The summed E-state index contributed by atoms with van der Waals surface area (Å²) in [5.74, 6) is 0. The van der Waals surface area contributed by atoms with Gasteiger partial charge in [0.05, 0.1) is 12.6 Å². The average molecular weight is 226 g/mol. The van der Waals surface area contributed by atoms with E-state index in [-0.39, 0.29) is 0 Å². The summed E-state index contributed by atoms with van der Waals surface area (Å²) in [4.78, 5) is 16.8. The van der Waals surface area contributed by atoms with Crippen LogP contribution in [0.2, 0.25) is 0 Å². The molecule has 1 fully saturated rings. The topological polar surface area (TPSA) is 116 Å². The maximum Gasteiger partial charge on any atom is 0.469 e. The lowest BCUT2D eigenvalue weighted by atomic mass is 9.93. The Balaban J connectivity index is 2.44. The van der Waals surface area contributed by atoms with Gasteiger partial charge in [-0.2, -0.15) is 0 Å². The largest absolute Gasteiger partial charge is 0.469 e. The van der Waals surface area contributed by atoms with Crippen LogP contribution < -0.4 is 0 Å². The SMILES string of the molecule is B[C@@H]1O[C@H](COP(=O)(O)O)C(O)[C@@H]1O. The van der Waals surface area contributed by atoms with E-state index in [0.717, 1.165) is 0 Å². The standard InChI is InChI=1S/C5H12BO7P/c6-5-4(8)3(7)2(13-5)1-12-14(9,10)11/h2-5,7-8H,1,6H2,(H2,9,10,11)/t2-,3?,4+,5-/m1/s1. The van der Waals surface area contributed by atoms with E-state index in [2.05, 4.69) is 4.52 Å². The predicted octanol–water partition coefficient (Wildman–Crippen LogP) is -2.82. The molecule has 0 bridgehead atoms. The summed E-state index contributed by atoms with van der Waals surface area (Å²) in [5, 5.41) is 18.6. The van der Waals surface area contributed by atoms with Crippen LogP contribution >= 0.6 is 7.82 Å². The molecule has 0 spiro atoms. The summed E-state index contributed by atoms with van der Waals surface area (Å²) >= 11 is 0. The molecule has 1 unspecified atom stereocenters. The van der Waals surface area contributed by atoms with Crippen molar-refractivity contribution >= 4 is 15.7 Å². The molecule has 82 valence electrons. The Hall–Kier alpha value is 0.0549. The van der Waals surface area contributed by atoms with Gasteiger partial charge in [0.25, 0.3) is 0 Å². The number of phosphoric ester groups is 1. The molecule has 0 aromatic rings. The maximum atomic E-state index is 10.3. The number of hydrogen-bond donors (Lipinski definition) is 4. The minimum atomic E-state index is -4.56. The second-order valence-electron chi connectivity index (χ2n) is 3.15. The van der Waals surface area contributed by atoms with Crippen LogP contribution in [0.15, 0.2) is 0 Å². The third-order valence-electron chi connectivity index (χ3n) is 2.01. The third-order valence-corrected chi connectivity index (χ3v) is 2.49. The van der Waals surface area contributed by atoms with Gasteiger partial charge in [0.1, 0.15) is 26.2 Å². The molecule has 1 saturated heterocycles. The molecule has 1 rings (SSSR count). The zero-order chi connectivity index (χ0) is 10.9. The molecular formula is C5H12BO7P. The number of phosphoric acid groups is 1. The Morgan fingerprint density at radius 3 is 2.29 bits per heavy atom. The van der Waals surface area contributed by atoms with Crippen molar-refractivity contribution in [1.29, 1.82) is 0 Å². The first-order valence-corrected chi connectivity index (χ1v) is 5.56. The highest BCUT2D eigenvalue weighted by molar-refractivity contribution is 7.46. The zero-order valence-corrected chi connectivity index (χ0v) is 8.37. The van der Waals surface area contributed by atoms with Gasteiger partial charge in [-0.05, 0) is 0 Å². The van der Waals surface area contributed by atoms with E-state index in [1.165, 1.54) is 0 Å². The van der Waals surface area contributed by atoms with Gasteiger partial charge in [0.15, 0.2) is 0 Å². The van der Waals surface area contributed by atoms with Gasteiger partial charge in [0, 0.05) is 0 Å². The fraction of sp³-hybridized carbons (Fsp3) is 1.00. The summed E-state index contributed by atoms with van der Waals surface area (Å²) in [6.45, 7) is -0.452. The van der Waals surface area contributed by atoms with Crippen LogP contribution in [0, 0.1) is 0 Å². The van der Waals surface area contributed by atoms with Crippen molar-refractivity contribution in [3.05, 3.63) is 0 Å². The van der Waals surface area contributed by atoms with Gasteiger partial charge < -0.3 is 24.7 Å². The first-order chi connectivity index (χ1) is 6.31. The average Bonchev–Trinajstić information content (AvgIpc) is 2.28. The normalized spacial score (nSPS) is 38.9. The molecule has 0 radical (unpaired) electrons. The molecule has 4 atom stereocenters. The molecule has 0 aliphatic carbocycles. The van der Waals surface area contributed by atoms with Crippen LogP contribution in [0.25, 0.3) is 0 Å². The molecule has 4 N–H and O–H groups in total. The molecule has 14 heavy (non-hydrogen) atoms. The van der Waals surface area contributed by atoms with Crippen molar-refractivity contribution in [2.24, 2.45) is 0 Å². The van der Waals surface area contributed by atoms with Gasteiger partial charge in [-0.25, -0.2) is 4.57 Å². The lowest BCUT2D eigenvalue weighted by molar-refractivity contribution is -0.00874. The Kier molecular flexibility index (Phi) is 3.71. The van der Waals surface area contributed by atoms with Crippen LogP contribution in [0.5, 0.6) is 0 Å². The highest BCUT2D eigenvalue weighted by Crippen LogP contribution is 2.36. The van der Waals surface area contributed by atoms with Crippen molar-refractivity contribution < 1.29 is 33.8 Å². The molecule has 1 aliphatic rings. The van der Waals surface area contributed by atoms with Gasteiger partial charge >= 0.3 is 7.82 Å². The summed E-state index contributed by atoms with van der Waals surface area (Å²) in [5.41, 5.74) is 0. The Labute approximate surface area is 81.3 Å². The molecule has 7 nitrogen and oxygen atoms in total. The Bertz CT molecular complexity index is 242. The van der Waals surface area contributed by atoms with Crippen molar-refractivity contribution in [1.82, 2.24) is 0 Å². The first-order valence-electron chi connectivity index (χ1n) is 4.03. The summed E-state index contributed by atoms with van der Waals surface area (Å²) in [6, 6.07) is -0.574. The molecule has 0 aromatic carbocycles. The second kappa shape index (κ2) is 4.28. The van der Waals surface area contributed by atoms with Gasteiger partial charge in [0.2, 0.25) is 0 Å². The van der Waals surface area contributed by atoms with Crippen LogP contribution in [-0.2, 0) is 13.8 Å². The Morgan fingerprint density at radius 2 is 1.93 bits per heavy atom. The Morgan fingerprint density at radius 1 is 1.36 bits per heavy atom. The molecule has 0 amide bonds. The lowest BCUT2D eigenvalue weighted by Crippen LogP contribution is -2.34. The third kappa shape index (κ3) is 3.03. The van der Waals surface area contributed by atoms with E-state index in [9.17, 15) is 14.8 Å². The van der Waals surface area contributed by atoms with Crippen molar-refractivity contribution in [2.45, 2.75) is 24.3 Å². The molecule has 1 aliphatic heterocycles. The summed E-state index contributed by atoms with van der Waals surface area (Å²) < 4.78 is 19.5. The fourth-order valence-electron chi connectivity index (χ4n) is 1.24. The van der Waals surface area contributed by atoms with Gasteiger partial charge in [-0.1, -0.05) is 0 Å².